The van der Waals surface area contributed by atoms with Crippen molar-refractivity contribution in [2.24, 2.45) is 0 Å². The van der Waals surface area contributed by atoms with Crippen LogP contribution in [0.1, 0.15) is 32.6 Å². The number of likely N-dealkylation sites (tertiary alicyclic amines) is 1. The lowest BCUT2D eigenvalue weighted by atomic mass is 9.89. The summed E-state index contributed by atoms with van der Waals surface area (Å²) in [6, 6.07) is 5.29. The van der Waals surface area contributed by atoms with Gasteiger partial charge in [-0.25, -0.2) is 4.98 Å². The molecular formula is C20H24ClN5O. The maximum atomic E-state index is 12.7. The highest BCUT2D eigenvalue weighted by atomic mass is 35.5. The van der Waals surface area contributed by atoms with Gasteiger partial charge in [0.05, 0.1) is 23.7 Å². The highest BCUT2D eigenvalue weighted by Crippen LogP contribution is 2.27. The van der Waals surface area contributed by atoms with Crippen LogP contribution in [0.2, 0.25) is 5.02 Å². The number of aromatic nitrogens is 1. The van der Waals surface area contributed by atoms with Crippen molar-refractivity contribution in [3.05, 3.63) is 23.4 Å². The second-order valence-electron chi connectivity index (χ2n) is 7.44. The summed E-state index contributed by atoms with van der Waals surface area (Å²) in [6.07, 6.45) is 10.3. The molecule has 27 heavy (non-hydrogen) atoms. The van der Waals surface area contributed by atoms with E-state index in [0.717, 1.165) is 31.7 Å². The van der Waals surface area contributed by atoms with Gasteiger partial charge >= 0.3 is 0 Å². The van der Waals surface area contributed by atoms with E-state index < -0.39 is 6.04 Å². The third-order valence-corrected chi connectivity index (χ3v) is 5.81. The number of nitriles is 1. The molecule has 2 aliphatic heterocycles. The number of rotatable bonds is 4. The van der Waals surface area contributed by atoms with Crippen LogP contribution in [-0.4, -0.2) is 53.0 Å². The van der Waals surface area contributed by atoms with Crippen molar-refractivity contribution >= 4 is 23.3 Å². The number of halogens is 1. The van der Waals surface area contributed by atoms with Crippen LogP contribution in [0.15, 0.2) is 18.3 Å². The number of amides is 1. The normalized spacial score (nSPS) is 24.3. The van der Waals surface area contributed by atoms with E-state index in [9.17, 15) is 10.1 Å². The minimum atomic E-state index is -0.411. The van der Waals surface area contributed by atoms with Gasteiger partial charge in [-0.3, -0.25) is 4.79 Å². The van der Waals surface area contributed by atoms with Crippen molar-refractivity contribution in [2.45, 2.75) is 50.2 Å². The first-order valence-electron chi connectivity index (χ1n) is 9.24. The van der Waals surface area contributed by atoms with Gasteiger partial charge in [-0.15, -0.1) is 6.42 Å². The van der Waals surface area contributed by atoms with Gasteiger partial charge in [0.15, 0.2) is 0 Å². The summed E-state index contributed by atoms with van der Waals surface area (Å²) in [6.45, 7) is 4.04. The summed E-state index contributed by atoms with van der Waals surface area (Å²) >= 11 is 5.90. The Kier molecular flexibility index (Phi) is 5.89. The molecule has 7 heteroatoms. The number of nitrogens with one attached hydrogen (secondary N) is 1. The molecule has 0 aliphatic carbocycles. The van der Waals surface area contributed by atoms with Crippen LogP contribution in [0.5, 0.6) is 0 Å². The van der Waals surface area contributed by atoms with Gasteiger partial charge in [-0.2, -0.15) is 5.26 Å². The Balaban J connectivity index is 1.54. The fourth-order valence-electron chi connectivity index (χ4n) is 3.79. The van der Waals surface area contributed by atoms with Crippen LogP contribution in [0.3, 0.4) is 0 Å². The van der Waals surface area contributed by atoms with Crippen LogP contribution in [-0.2, 0) is 4.79 Å². The van der Waals surface area contributed by atoms with Crippen molar-refractivity contribution in [2.75, 3.05) is 24.5 Å². The summed E-state index contributed by atoms with van der Waals surface area (Å²) in [5, 5.41) is 13.3. The lowest BCUT2D eigenvalue weighted by Crippen LogP contribution is -2.55. The first-order valence-corrected chi connectivity index (χ1v) is 9.62. The Morgan fingerprint density at radius 1 is 1.41 bits per heavy atom. The molecular weight excluding hydrogens is 362 g/mol. The van der Waals surface area contributed by atoms with Crippen molar-refractivity contribution in [1.29, 1.82) is 5.26 Å². The van der Waals surface area contributed by atoms with Gasteiger partial charge in [-0.1, -0.05) is 17.5 Å². The van der Waals surface area contributed by atoms with Gasteiger partial charge in [0.25, 0.3) is 0 Å². The minimum absolute atomic E-state index is 0.0926. The number of anilines is 1. The molecule has 2 unspecified atom stereocenters. The predicted molar refractivity (Wildman–Crippen MR) is 105 cm³/mol. The average Bonchev–Trinajstić information content (AvgIpc) is 3.11. The van der Waals surface area contributed by atoms with Crippen LogP contribution >= 0.6 is 11.6 Å². The molecule has 1 aromatic rings. The first-order chi connectivity index (χ1) is 13.0. The Morgan fingerprint density at radius 2 is 2.11 bits per heavy atom. The van der Waals surface area contributed by atoms with E-state index in [2.05, 4.69) is 34.1 Å². The number of pyridine rings is 1. The zero-order valence-electron chi connectivity index (χ0n) is 15.5. The van der Waals surface area contributed by atoms with Crippen LogP contribution in [0.4, 0.5) is 5.82 Å². The molecule has 2 atom stereocenters. The summed E-state index contributed by atoms with van der Waals surface area (Å²) in [7, 11) is 0. The largest absolute Gasteiger partial charge is 0.356 e. The van der Waals surface area contributed by atoms with E-state index in [4.69, 9.17) is 18.0 Å². The van der Waals surface area contributed by atoms with Crippen LogP contribution in [0, 0.1) is 23.7 Å². The Labute approximate surface area is 165 Å². The lowest BCUT2D eigenvalue weighted by molar-refractivity contribution is -0.131. The van der Waals surface area contributed by atoms with E-state index in [1.54, 1.807) is 11.1 Å². The van der Waals surface area contributed by atoms with Crippen molar-refractivity contribution < 1.29 is 4.79 Å². The van der Waals surface area contributed by atoms with Crippen molar-refractivity contribution in [1.82, 2.24) is 15.2 Å². The summed E-state index contributed by atoms with van der Waals surface area (Å²) < 4.78 is 0. The second kappa shape index (κ2) is 8.17. The molecule has 2 aliphatic rings. The Hall–Kier alpha value is -2.28. The number of carbonyl (C=O) groups is 1. The molecule has 0 radical (unpaired) electrons. The van der Waals surface area contributed by atoms with E-state index in [1.807, 2.05) is 12.1 Å². The summed E-state index contributed by atoms with van der Waals surface area (Å²) in [4.78, 5) is 20.8. The average molecular weight is 386 g/mol. The van der Waals surface area contributed by atoms with Gasteiger partial charge < -0.3 is 15.1 Å². The molecule has 0 saturated carbocycles. The quantitative estimate of drug-likeness (QED) is 0.804. The number of hydrogen-bond acceptors (Lipinski definition) is 5. The molecule has 2 fully saturated rings. The van der Waals surface area contributed by atoms with E-state index in [0.29, 0.717) is 17.9 Å². The standard InChI is InChI=1S/C20H24ClN5O/c1-3-16-5-6-17(12-22)26(16)19(27)14-24-20(2)8-10-25(11-9-20)18-7-4-15(21)13-23-18/h1,4,7,13,16-17,24H,5-6,8-11,14H2,2H3. The van der Waals surface area contributed by atoms with E-state index >= 15 is 0 Å². The fraction of sp³-hybridized carbons (Fsp3) is 0.550. The van der Waals surface area contributed by atoms with Gasteiger partial charge in [0, 0.05) is 24.8 Å². The Morgan fingerprint density at radius 3 is 2.70 bits per heavy atom. The van der Waals surface area contributed by atoms with Gasteiger partial charge in [0.2, 0.25) is 5.91 Å². The van der Waals surface area contributed by atoms with Crippen LogP contribution in [0.25, 0.3) is 0 Å². The minimum Gasteiger partial charge on any atom is -0.356 e. The molecule has 2 saturated heterocycles. The Bertz CT molecular complexity index is 736. The van der Waals surface area contributed by atoms with Gasteiger partial charge in [0.1, 0.15) is 11.9 Å². The summed E-state index contributed by atoms with van der Waals surface area (Å²) in [5.41, 5.74) is -0.133. The molecule has 0 bridgehead atoms. The van der Waals surface area contributed by atoms with Gasteiger partial charge in [-0.05, 0) is 44.7 Å². The molecule has 1 amide bonds. The number of piperidine rings is 1. The molecule has 6 nitrogen and oxygen atoms in total. The fourth-order valence-corrected chi connectivity index (χ4v) is 3.90. The monoisotopic (exact) mass is 385 g/mol. The van der Waals surface area contributed by atoms with E-state index in [1.165, 1.54) is 0 Å². The number of carbonyl (C=O) groups excluding carboxylic acids is 1. The number of terminal acetylenes is 1. The molecule has 0 spiro atoms. The number of hydrogen-bond donors (Lipinski definition) is 1. The second-order valence-corrected chi connectivity index (χ2v) is 7.88. The first kappa shape index (κ1) is 19.5. The third kappa shape index (κ3) is 4.35. The zero-order valence-corrected chi connectivity index (χ0v) is 16.2. The lowest BCUT2D eigenvalue weighted by Gasteiger charge is -2.41. The maximum Gasteiger partial charge on any atom is 0.238 e. The molecule has 3 heterocycles. The number of nitrogens with zero attached hydrogens (tertiary/aromatic N) is 4. The third-order valence-electron chi connectivity index (χ3n) is 5.58. The molecule has 1 N–H and O–H groups in total. The van der Waals surface area contributed by atoms with Crippen molar-refractivity contribution in [3.63, 3.8) is 0 Å². The van der Waals surface area contributed by atoms with Crippen molar-refractivity contribution in [3.8, 4) is 18.4 Å². The van der Waals surface area contributed by atoms with Crippen LogP contribution < -0.4 is 10.2 Å². The molecule has 3 rings (SSSR count). The predicted octanol–water partition coefficient (Wildman–Crippen LogP) is 2.20. The van der Waals surface area contributed by atoms with E-state index in [-0.39, 0.29) is 24.0 Å². The topological polar surface area (TPSA) is 72.3 Å². The summed E-state index contributed by atoms with van der Waals surface area (Å²) in [5.74, 6) is 3.46. The smallest absolute Gasteiger partial charge is 0.238 e. The molecule has 0 aromatic carbocycles. The zero-order chi connectivity index (χ0) is 19.4. The molecule has 1 aromatic heterocycles. The maximum absolute atomic E-state index is 12.7. The SMILES string of the molecule is C#CC1CCC(C#N)N1C(=O)CNC1(C)CCN(c2ccc(Cl)cn2)CC1. The molecule has 142 valence electrons. The highest BCUT2D eigenvalue weighted by Gasteiger charge is 2.37. The highest BCUT2D eigenvalue weighted by molar-refractivity contribution is 6.30.